The van der Waals surface area contributed by atoms with Crippen molar-refractivity contribution < 1.29 is 9.15 Å². The van der Waals surface area contributed by atoms with E-state index in [1.54, 1.807) is 12.5 Å². The average molecular weight is 230 g/mol. The highest BCUT2D eigenvalue weighted by atomic mass is 16.5. The van der Waals surface area contributed by atoms with Crippen molar-refractivity contribution >= 4 is 0 Å². The normalized spacial score (nSPS) is 19.4. The monoisotopic (exact) mass is 230 g/mol. The maximum atomic E-state index is 5.75. The van der Waals surface area contributed by atoms with Crippen molar-refractivity contribution in [2.45, 2.75) is 12.5 Å². The fourth-order valence-corrected chi connectivity index (χ4v) is 1.95. The Morgan fingerprint density at radius 2 is 2.29 bits per heavy atom. The Labute approximate surface area is 99.6 Å². The first-order valence-electron chi connectivity index (χ1n) is 5.78. The van der Waals surface area contributed by atoms with E-state index < -0.39 is 0 Å². The largest absolute Gasteiger partial charge is 0.473 e. The zero-order valence-corrected chi connectivity index (χ0v) is 9.43. The van der Waals surface area contributed by atoms with Crippen LogP contribution < -0.4 is 10.1 Å². The molecule has 0 radical (unpaired) electrons. The van der Waals surface area contributed by atoms with Gasteiger partial charge in [-0.05, 0) is 25.1 Å². The van der Waals surface area contributed by atoms with E-state index in [4.69, 9.17) is 9.15 Å². The van der Waals surface area contributed by atoms with Crippen LogP contribution in [-0.4, -0.2) is 24.2 Å². The summed E-state index contributed by atoms with van der Waals surface area (Å²) >= 11 is 0. The highest BCUT2D eigenvalue weighted by Crippen LogP contribution is 2.21. The molecule has 1 aliphatic rings. The minimum atomic E-state index is 0.252. The summed E-state index contributed by atoms with van der Waals surface area (Å²) in [6.07, 6.45) is 6.47. The first-order chi connectivity index (χ1) is 8.42. The third kappa shape index (κ3) is 2.31. The molecule has 4 heteroatoms. The van der Waals surface area contributed by atoms with Gasteiger partial charge in [-0.15, -0.1) is 0 Å². The van der Waals surface area contributed by atoms with E-state index in [1.165, 1.54) is 0 Å². The lowest BCUT2D eigenvalue weighted by molar-refractivity contribution is 0.214. The van der Waals surface area contributed by atoms with E-state index in [2.05, 4.69) is 10.3 Å². The fraction of sp³-hybridized carbons (Fsp3) is 0.308. The van der Waals surface area contributed by atoms with Crippen molar-refractivity contribution in [3.05, 3.63) is 36.9 Å². The van der Waals surface area contributed by atoms with Crippen LogP contribution in [0.5, 0.6) is 5.88 Å². The van der Waals surface area contributed by atoms with Crippen molar-refractivity contribution in [2.75, 3.05) is 13.1 Å². The Bertz CT molecular complexity index is 459. The minimum absolute atomic E-state index is 0.252. The van der Waals surface area contributed by atoms with Crippen LogP contribution in [0.1, 0.15) is 6.42 Å². The van der Waals surface area contributed by atoms with Gasteiger partial charge in [-0.2, -0.15) is 0 Å². The zero-order valence-electron chi connectivity index (χ0n) is 9.43. The Hall–Kier alpha value is -1.81. The van der Waals surface area contributed by atoms with Crippen LogP contribution in [0.4, 0.5) is 0 Å². The van der Waals surface area contributed by atoms with Gasteiger partial charge in [0.2, 0.25) is 5.88 Å². The van der Waals surface area contributed by atoms with Gasteiger partial charge in [0.15, 0.2) is 0 Å². The molecule has 2 aromatic heterocycles. The Morgan fingerprint density at radius 3 is 2.94 bits per heavy atom. The molecule has 0 spiro atoms. The number of nitrogens with one attached hydrogen (secondary N) is 1. The molecule has 3 rings (SSSR count). The molecule has 88 valence electrons. The molecule has 0 amide bonds. The molecule has 1 atom stereocenters. The predicted molar refractivity (Wildman–Crippen MR) is 63.8 cm³/mol. The van der Waals surface area contributed by atoms with Gasteiger partial charge in [0, 0.05) is 29.9 Å². The molecule has 4 nitrogen and oxygen atoms in total. The summed E-state index contributed by atoms with van der Waals surface area (Å²) in [6.45, 7) is 1.93. The number of rotatable bonds is 3. The zero-order chi connectivity index (χ0) is 11.5. The van der Waals surface area contributed by atoms with Crippen LogP contribution in [0.25, 0.3) is 11.1 Å². The second kappa shape index (κ2) is 4.59. The fourth-order valence-electron chi connectivity index (χ4n) is 1.95. The van der Waals surface area contributed by atoms with Crippen LogP contribution in [0.15, 0.2) is 41.3 Å². The Balaban J connectivity index is 1.71. The molecule has 3 heterocycles. The number of ether oxygens (including phenoxy) is 1. The van der Waals surface area contributed by atoms with E-state index in [1.807, 2.05) is 24.4 Å². The molecule has 0 saturated carbocycles. The number of hydrogen-bond donors (Lipinski definition) is 1. The van der Waals surface area contributed by atoms with Crippen molar-refractivity contribution in [3.8, 4) is 17.0 Å². The van der Waals surface area contributed by atoms with Gasteiger partial charge in [-0.25, -0.2) is 4.98 Å². The second-order valence-corrected chi connectivity index (χ2v) is 4.13. The van der Waals surface area contributed by atoms with Gasteiger partial charge in [0.25, 0.3) is 0 Å². The number of hydrogen-bond acceptors (Lipinski definition) is 4. The number of aromatic nitrogens is 1. The van der Waals surface area contributed by atoms with E-state index in [0.717, 1.165) is 30.6 Å². The van der Waals surface area contributed by atoms with E-state index >= 15 is 0 Å². The van der Waals surface area contributed by atoms with Gasteiger partial charge in [0.05, 0.1) is 12.5 Å². The number of pyridine rings is 1. The lowest BCUT2D eigenvalue weighted by Gasteiger charge is -2.11. The highest BCUT2D eigenvalue weighted by molar-refractivity contribution is 5.60. The quantitative estimate of drug-likeness (QED) is 0.877. The molecule has 0 aromatic carbocycles. The first-order valence-corrected chi connectivity index (χ1v) is 5.78. The van der Waals surface area contributed by atoms with Crippen molar-refractivity contribution in [1.29, 1.82) is 0 Å². The smallest absolute Gasteiger partial charge is 0.213 e. The van der Waals surface area contributed by atoms with Crippen molar-refractivity contribution in [2.24, 2.45) is 0 Å². The minimum Gasteiger partial charge on any atom is -0.473 e. The molecule has 0 bridgehead atoms. The summed E-state index contributed by atoms with van der Waals surface area (Å²) in [4.78, 5) is 4.31. The van der Waals surface area contributed by atoms with Crippen molar-refractivity contribution in [3.63, 3.8) is 0 Å². The molecule has 1 unspecified atom stereocenters. The van der Waals surface area contributed by atoms with Crippen molar-refractivity contribution in [1.82, 2.24) is 10.3 Å². The average Bonchev–Trinajstić information content (AvgIpc) is 3.01. The maximum Gasteiger partial charge on any atom is 0.213 e. The summed E-state index contributed by atoms with van der Waals surface area (Å²) in [5.41, 5.74) is 2.07. The lowest BCUT2D eigenvalue weighted by Crippen LogP contribution is -2.19. The first kappa shape index (κ1) is 10.4. The van der Waals surface area contributed by atoms with Crippen LogP contribution in [0.2, 0.25) is 0 Å². The SMILES string of the molecule is c1cc(-c2ccc(OC3CCNC3)nc2)co1. The molecule has 2 aromatic rings. The Kier molecular flexibility index (Phi) is 2.80. The van der Waals surface area contributed by atoms with Crippen LogP contribution in [0, 0.1) is 0 Å². The molecule has 1 saturated heterocycles. The topological polar surface area (TPSA) is 47.3 Å². The summed E-state index contributed by atoms with van der Waals surface area (Å²) in [7, 11) is 0. The van der Waals surface area contributed by atoms with Gasteiger partial charge < -0.3 is 14.5 Å². The van der Waals surface area contributed by atoms with Gasteiger partial charge in [0.1, 0.15) is 6.10 Å². The second-order valence-electron chi connectivity index (χ2n) is 4.13. The maximum absolute atomic E-state index is 5.75. The molecule has 17 heavy (non-hydrogen) atoms. The van der Waals surface area contributed by atoms with E-state index in [-0.39, 0.29) is 6.10 Å². The lowest BCUT2D eigenvalue weighted by atomic mass is 10.1. The summed E-state index contributed by atoms with van der Waals surface area (Å²) in [5.74, 6) is 0.686. The van der Waals surface area contributed by atoms with Crippen LogP contribution in [-0.2, 0) is 0 Å². The highest BCUT2D eigenvalue weighted by Gasteiger charge is 2.16. The summed E-state index contributed by atoms with van der Waals surface area (Å²) in [6, 6.07) is 5.81. The van der Waals surface area contributed by atoms with E-state index in [9.17, 15) is 0 Å². The molecule has 0 aliphatic carbocycles. The third-order valence-corrected chi connectivity index (χ3v) is 2.89. The van der Waals surface area contributed by atoms with Crippen LogP contribution >= 0.6 is 0 Å². The van der Waals surface area contributed by atoms with E-state index in [0.29, 0.717) is 5.88 Å². The van der Waals surface area contributed by atoms with Crippen LogP contribution in [0.3, 0.4) is 0 Å². The van der Waals surface area contributed by atoms with Gasteiger partial charge >= 0.3 is 0 Å². The molecule has 1 N–H and O–H groups in total. The Morgan fingerprint density at radius 1 is 1.29 bits per heavy atom. The number of furan rings is 1. The predicted octanol–water partition coefficient (Wildman–Crippen LogP) is 2.08. The van der Waals surface area contributed by atoms with Gasteiger partial charge in [-0.1, -0.05) is 0 Å². The third-order valence-electron chi connectivity index (χ3n) is 2.89. The standard InChI is InChI=1S/C13H14N2O2/c1-2-13(17-12-3-5-14-8-12)15-7-10(1)11-4-6-16-9-11/h1-2,4,6-7,9,12,14H,3,5,8H2. The summed E-state index contributed by atoms with van der Waals surface area (Å²) < 4.78 is 10.8. The summed E-state index contributed by atoms with van der Waals surface area (Å²) in [5, 5.41) is 3.26. The number of nitrogens with zero attached hydrogens (tertiary/aromatic N) is 1. The molecular weight excluding hydrogens is 216 g/mol. The molecular formula is C13H14N2O2. The molecule has 1 aliphatic heterocycles. The molecule has 1 fully saturated rings. The van der Waals surface area contributed by atoms with Gasteiger partial charge in [-0.3, -0.25) is 0 Å².